The molecule has 1 aromatic rings. The zero-order chi connectivity index (χ0) is 15.5. The monoisotopic (exact) mass is 332 g/mol. The van der Waals surface area contributed by atoms with Crippen LogP contribution >= 0.6 is 11.8 Å². The van der Waals surface area contributed by atoms with Crippen LogP contribution in [0, 0.1) is 5.92 Å². The van der Waals surface area contributed by atoms with Gasteiger partial charge >= 0.3 is 0 Å². The van der Waals surface area contributed by atoms with Crippen LogP contribution in [0.15, 0.2) is 24.3 Å². The SMILES string of the molecule is c1ccc2c(c1)CCSC2CNC1CCCC1C1COCCN1. The van der Waals surface area contributed by atoms with Crippen LogP contribution in [0.5, 0.6) is 0 Å². The number of rotatable bonds is 4. The lowest BCUT2D eigenvalue weighted by Crippen LogP contribution is -2.51. The summed E-state index contributed by atoms with van der Waals surface area (Å²) in [5, 5.41) is 8.22. The molecule has 1 aliphatic carbocycles. The summed E-state index contributed by atoms with van der Waals surface area (Å²) in [4.78, 5) is 0. The van der Waals surface area contributed by atoms with E-state index in [1.807, 2.05) is 0 Å². The van der Waals surface area contributed by atoms with E-state index in [-0.39, 0.29) is 0 Å². The van der Waals surface area contributed by atoms with Gasteiger partial charge in [0.25, 0.3) is 0 Å². The summed E-state index contributed by atoms with van der Waals surface area (Å²) < 4.78 is 5.69. The van der Waals surface area contributed by atoms with Crippen LogP contribution in [0.2, 0.25) is 0 Å². The second-order valence-electron chi connectivity index (χ2n) is 7.05. The third-order valence-electron chi connectivity index (χ3n) is 5.69. The van der Waals surface area contributed by atoms with Crippen LogP contribution in [0.3, 0.4) is 0 Å². The average Bonchev–Trinajstić information content (AvgIpc) is 3.09. The van der Waals surface area contributed by atoms with Crippen LogP contribution in [0.4, 0.5) is 0 Å². The van der Waals surface area contributed by atoms with E-state index < -0.39 is 0 Å². The van der Waals surface area contributed by atoms with E-state index in [0.29, 0.717) is 17.3 Å². The molecule has 0 spiro atoms. The Morgan fingerprint density at radius 3 is 3.13 bits per heavy atom. The summed E-state index contributed by atoms with van der Waals surface area (Å²) in [6.45, 7) is 3.89. The van der Waals surface area contributed by atoms with Gasteiger partial charge < -0.3 is 15.4 Å². The Kier molecular flexibility index (Phi) is 5.24. The Hall–Kier alpha value is -0.550. The number of aryl methyl sites for hydroxylation is 1. The first-order chi connectivity index (χ1) is 11.4. The maximum absolute atomic E-state index is 5.69. The van der Waals surface area contributed by atoms with Gasteiger partial charge in [-0.15, -0.1) is 0 Å². The van der Waals surface area contributed by atoms with E-state index in [0.717, 1.165) is 32.2 Å². The van der Waals surface area contributed by atoms with E-state index in [9.17, 15) is 0 Å². The van der Waals surface area contributed by atoms with Crippen LogP contribution in [0.1, 0.15) is 35.6 Å². The van der Waals surface area contributed by atoms with Crippen LogP contribution in [-0.2, 0) is 11.2 Å². The molecule has 2 fully saturated rings. The highest BCUT2D eigenvalue weighted by molar-refractivity contribution is 7.99. The Labute approximate surface area is 143 Å². The Bertz CT molecular complexity index is 518. The van der Waals surface area contributed by atoms with Gasteiger partial charge in [0.2, 0.25) is 0 Å². The summed E-state index contributed by atoms with van der Waals surface area (Å²) >= 11 is 2.12. The highest BCUT2D eigenvalue weighted by Crippen LogP contribution is 2.37. The molecule has 0 bridgehead atoms. The van der Waals surface area contributed by atoms with Gasteiger partial charge in [0.1, 0.15) is 0 Å². The van der Waals surface area contributed by atoms with E-state index in [2.05, 4.69) is 46.7 Å². The molecule has 23 heavy (non-hydrogen) atoms. The molecule has 4 unspecified atom stereocenters. The van der Waals surface area contributed by atoms with Crippen molar-refractivity contribution >= 4 is 11.8 Å². The number of hydrogen-bond donors (Lipinski definition) is 2. The predicted molar refractivity (Wildman–Crippen MR) is 97.1 cm³/mol. The second-order valence-corrected chi connectivity index (χ2v) is 8.36. The number of hydrogen-bond acceptors (Lipinski definition) is 4. The van der Waals surface area contributed by atoms with Gasteiger partial charge in [0.15, 0.2) is 0 Å². The van der Waals surface area contributed by atoms with Crippen LogP contribution in [0.25, 0.3) is 0 Å². The smallest absolute Gasteiger partial charge is 0.0623 e. The third kappa shape index (κ3) is 3.60. The van der Waals surface area contributed by atoms with E-state index in [1.54, 1.807) is 11.1 Å². The quantitative estimate of drug-likeness (QED) is 0.888. The molecule has 1 aromatic carbocycles. The number of nitrogens with one attached hydrogen (secondary N) is 2. The zero-order valence-corrected chi connectivity index (χ0v) is 14.6. The minimum absolute atomic E-state index is 0.551. The highest BCUT2D eigenvalue weighted by atomic mass is 32.2. The molecule has 1 saturated carbocycles. The summed E-state index contributed by atoms with van der Waals surface area (Å²) in [6, 6.07) is 10.2. The van der Waals surface area contributed by atoms with Crippen molar-refractivity contribution < 1.29 is 4.74 Å². The van der Waals surface area contributed by atoms with E-state index in [1.165, 1.54) is 31.4 Å². The van der Waals surface area contributed by atoms with Crippen molar-refractivity contribution in [2.24, 2.45) is 5.92 Å². The van der Waals surface area contributed by atoms with Crippen LogP contribution in [-0.4, -0.2) is 44.1 Å². The summed E-state index contributed by atoms with van der Waals surface area (Å²) in [6.07, 6.45) is 5.25. The van der Waals surface area contributed by atoms with Crippen molar-refractivity contribution in [2.45, 2.75) is 43.0 Å². The zero-order valence-electron chi connectivity index (χ0n) is 13.8. The first kappa shape index (κ1) is 15.9. The van der Waals surface area contributed by atoms with Gasteiger partial charge in [-0.2, -0.15) is 11.8 Å². The first-order valence-electron chi connectivity index (χ1n) is 9.16. The Balaban J connectivity index is 1.37. The Morgan fingerprint density at radius 1 is 1.26 bits per heavy atom. The summed E-state index contributed by atoms with van der Waals surface area (Å²) in [5.41, 5.74) is 3.12. The molecular formula is C19H28N2OS. The van der Waals surface area contributed by atoms with Gasteiger partial charge in [0.05, 0.1) is 13.2 Å². The van der Waals surface area contributed by atoms with Crippen molar-refractivity contribution in [3.05, 3.63) is 35.4 Å². The molecule has 2 N–H and O–H groups in total. The van der Waals surface area contributed by atoms with E-state index >= 15 is 0 Å². The molecule has 2 heterocycles. The van der Waals surface area contributed by atoms with Crippen LogP contribution < -0.4 is 10.6 Å². The predicted octanol–water partition coefficient (Wildman–Crippen LogP) is 2.76. The topological polar surface area (TPSA) is 33.3 Å². The molecule has 4 heteroatoms. The fourth-order valence-electron chi connectivity index (χ4n) is 4.49. The summed E-state index contributed by atoms with van der Waals surface area (Å²) in [5.74, 6) is 1.99. The Morgan fingerprint density at radius 2 is 2.22 bits per heavy atom. The fraction of sp³-hybridized carbons (Fsp3) is 0.684. The largest absolute Gasteiger partial charge is 0.379 e. The third-order valence-corrected chi connectivity index (χ3v) is 6.96. The van der Waals surface area contributed by atoms with Crippen molar-refractivity contribution in [2.75, 3.05) is 32.1 Å². The average molecular weight is 333 g/mol. The number of thioether (sulfide) groups is 1. The standard InChI is InChI=1S/C19H28N2OS/c1-2-5-15-14(4-1)8-11-23-19(15)12-21-17-7-3-6-16(17)18-13-22-10-9-20-18/h1-2,4-5,16-21H,3,6-13H2. The molecule has 1 saturated heterocycles. The molecule has 0 radical (unpaired) electrons. The molecule has 0 amide bonds. The van der Waals surface area contributed by atoms with Gasteiger partial charge in [-0.25, -0.2) is 0 Å². The normalized spacial score (nSPS) is 34.3. The lowest BCUT2D eigenvalue weighted by Gasteiger charge is -2.34. The maximum Gasteiger partial charge on any atom is 0.0623 e. The van der Waals surface area contributed by atoms with Gasteiger partial charge in [-0.3, -0.25) is 0 Å². The molecule has 2 aliphatic heterocycles. The van der Waals surface area contributed by atoms with Crippen molar-refractivity contribution in [3.63, 3.8) is 0 Å². The molecule has 4 atom stereocenters. The summed E-state index contributed by atoms with van der Waals surface area (Å²) in [7, 11) is 0. The number of benzene rings is 1. The molecular weight excluding hydrogens is 304 g/mol. The molecule has 126 valence electrons. The lowest BCUT2D eigenvalue weighted by atomic mass is 9.93. The molecule has 0 aromatic heterocycles. The highest BCUT2D eigenvalue weighted by Gasteiger charge is 2.35. The van der Waals surface area contributed by atoms with Gasteiger partial charge in [-0.05, 0) is 42.1 Å². The number of morpholine rings is 1. The van der Waals surface area contributed by atoms with Crippen molar-refractivity contribution in [1.29, 1.82) is 0 Å². The molecule has 3 nitrogen and oxygen atoms in total. The minimum Gasteiger partial charge on any atom is -0.379 e. The van der Waals surface area contributed by atoms with Crippen molar-refractivity contribution in [1.82, 2.24) is 10.6 Å². The van der Waals surface area contributed by atoms with Gasteiger partial charge in [0, 0.05) is 30.4 Å². The lowest BCUT2D eigenvalue weighted by molar-refractivity contribution is 0.0526. The number of fused-ring (bicyclic) bond motifs is 1. The second kappa shape index (κ2) is 7.56. The van der Waals surface area contributed by atoms with Crippen molar-refractivity contribution in [3.8, 4) is 0 Å². The number of ether oxygens (including phenoxy) is 1. The van der Waals surface area contributed by atoms with E-state index in [4.69, 9.17) is 4.74 Å². The maximum atomic E-state index is 5.69. The van der Waals surface area contributed by atoms with Gasteiger partial charge in [-0.1, -0.05) is 30.7 Å². The molecule has 4 rings (SSSR count). The minimum atomic E-state index is 0.551. The fourth-order valence-corrected chi connectivity index (χ4v) is 5.73. The molecule has 3 aliphatic rings. The first-order valence-corrected chi connectivity index (χ1v) is 10.2.